The van der Waals surface area contributed by atoms with Gasteiger partial charge in [-0.1, -0.05) is 32.9 Å². The molecule has 1 N–H and O–H groups in total. The van der Waals surface area contributed by atoms with Crippen molar-refractivity contribution in [1.82, 2.24) is 0 Å². The largest absolute Gasteiger partial charge is 0.477 e. The maximum atomic E-state index is 12.6. The third-order valence-electron chi connectivity index (χ3n) is 4.99. The molecule has 1 saturated heterocycles. The normalized spacial score (nSPS) is 18.7. The van der Waals surface area contributed by atoms with Crippen molar-refractivity contribution >= 4 is 28.9 Å². The molecule has 2 atom stereocenters. The van der Waals surface area contributed by atoms with Crippen LogP contribution in [-0.4, -0.2) is 30.1 Å². The van der Waals surface area contributed by atoms with E-state index in [0.29, 0.717) is 12.8 Å². The second-order valence-corrected chi connectivity index (χ2v) is 8.95. The Morgan fingerprint density at radius 1 is 1.22 bits per heavy atom. The number of ether oxygens (including phenoxy) is 1. The number of hydrogen-bond donors (Lipinski definition) is 1. The van der Waals surface area contributed by atoms with Crippen LogP contribution in [0.3, 0.4) is 0 Å². The number of hydrogen-bond acceptors (Lipinski definition) is 4. The summed E-state index contributed by atoms with van der Waals surface area (Å²) in [5, 5.41) is 9.19. The van der Waals surface area contributed by atoms with Gasteiger partial charge in [-0.05, 0) is 41.7 Å². The zero-order chi connectivity index (χ0) is 19.8. The van der Waals surface area contributed by atoms with Crippen LogP contribution in [0.5, 0.6) is 0 Å². The lowest BCUT2D eigenvalue weighted by molar-refractivity contribution is -0.117. The van der Waals surface area contributed by atoms with E-state index in [1.54, 1.807) is 24.1 Å². The number of carboxylic acid groups (broad SMARTS) is 1. The van der Waals surface area contributed by atoms with Crippen LogP contribution in [0, 0.1) is 0 Å². The molecule has 5 nitrogen and oxygen atoms in total. The molecular formula is C21H25NO4S. The Morgan fingerprint density at radius 3 is 2.41 bits per heavy atom. The molecule has 144 valence electrons. The fraction of sp³-hybridized carbons (Fsp3) is 0.429. The number of benzene rings is 1. The first-order chi connectivity index (χ1) is 12.7. The minimum absolute atomic E-state index is 0.0478. The number of rotatable bonds is 5. The Balaban J connectivity index is 1.91. The van der Waals surface area contributed by atoms with Crippen LogP contribution in [0.1, 0.15) is 59.8 Å². The van der Waals surface area contributed by atoms with Gasteiger partial charge in [0, 0.05) is 24.1 Å². The van der Waals surface area contributed by atoms with Crippen molar-refractivity contribution in [1.29, 1.82) is 0 Å². The topological polar surface area (TPSA) is 66.8 Å². The summed E-state index contributed by atoms with van der Waals surface area (Å²) in [6.45, 7) is 6.47. The fourth-order valence-electron chi connectivity index (χ4n) is 3.53. The monoisotopic (exact) mass is 387 g/mol. The molecule has 1 aromatic heterocycles. The summed E-state index contributed by atoms with van der Waals surface area (Å²) in [5.41, 5.74) is 2.11. The second-order valence-electron chi connectivity index (χ2n) is 7.83. The third-order valence-corrected chi connectivity index (χ3v) is 6.12. The van der Waals surface area contributed by atoms with Gasteiger partial charge >= 0.3 is 5.97 Å². The van der Waals surface area contributed by atoms with Crippen LogP contribution in [-0.2, 0) is 14.9 Å². The maximum absolute atomic E-state index is 12.6. The summed E-state index contributed by atoms with van der Waals surface area (Å²) in [6.07, 6.45) is 0.790. The predicted molar refractivity (Wildman–Crippen MR) is 107 cm³/mol. The quantitative estimate of drug-likeness (QED) is 0.812. The third kappa shape index (κ3) is 3.92. The molecule has 2 aromatic rings. The highest BCUT2D eigenvalue weighted by molar-refractivity contribution is 7.14. The summed E-state index contributed by atoms with van der Waals surface area (Å²) >= 11 is 1.20. The van der Waals surface area contributed by atoms with Crippen LogP contribution in [0.15, 0.2) is 36.4 Å². The Hall–Kier alpha value is -2.18. The fourth-order valence-corrected chi connectivity index (χ4v) is 4.52. The average molecular weight is 388 g/mol. The number of carbonyl (C=O) groups is 2. The summed E-state index contributed by atoms with van der Waals surface area (Å²) in [7, 11) is 1.61. The molecule has 0 aliphatic carbocycles. The van der Waals surface area contributed by atoms with Crippen molar-refractivity contribution in [3.63, 3.8) is 0 Å². The van der Waals surface area contributed by atoms with Gasteiger partial charge in [0.15, 0.2) is 0 Å². The number of carboxylic acids is 1. The molecule has 6 heteroatoms. The highest BCUT2D eigenvalue weighted by Gasteiger charge is 2.39. The number of carbonyl (C=O) groups excluding carboxylic acids is 1. The van der Waals surface area contributed by atoms with E-state index in [4.69, 9.17) is 4.74 Å². The summed E-state index contributed by atoms with van der Waals surface area (Å²) < 4.78 is 5.72. The van der Waals surface area contributed by atoms with Gasteiger partial charge in [0.25, 0.3) is 0 Å². The zero-order valence-electron chi connectivity index (χ0n) is 16.1. The van der Waals surface area contributed by atoms with Gasteiger partial charge < -0.3 is 14.7 Å². The standard InChI is InChI=1S/C21H25NO4S/c1-21(2,3)13-5-7-14(8-6-13)22-15(9-12-18(22)23)19(26-4)16-10-11-17(27-16)20(24)25/h5-8,10-11,15,19H,9,12H2,1-4H3,(H,24,25)/t15?,19-/m1/s1. The van der Waals surface area contributed by atoms with Gasteiger partial charge in [0.2, 0.25) is 5.91 Å². The van der Waals surface area contributed by atoms with Gasteiger partial charge in [0.1, 0.15) is 11.0 Å². The Morgan fingerprint density at radius 2 is 1.89 bits per heavy atom. The van der Waals surface area contributed by atoms with Crippen molar-refractivity contribution in [3.05, 3.63) is 51.7 Å². The van der Waals surface area contributed by atoms with Crippen molar-refractivity contribution in [2.24, 2.45) is 0 Å². The average Bonchev–Trinajstić information content (AvgIpc) is 3.23. The van der Waals surface area contributed by atoms with E-state index in [1.807, 2.05) is 12.1 Å². The van der Waals surface area contributed by atoms with E-state index in [0.717, 1.165) is 10.6 Å². The summed E-state index contributed by atoms with van der Waals surface area (Å²) in [5.74, 6) is -0.876. The van der Waals surface area contributed by atoms with Crippen LogP contribution < -0.4 is 4.90 Å². The van der Waals surface area contributed by atoms with Crippen molar-refractivity contribution in [3.8, 4) is 0 Å². The van der Waals surface area contributed by atoms with Crippen molar-refractivity contribution in [2.45, 2.75) is 51.2 Å². The first kappa shape index (κ1) is 19.6. The first-order valence-corrected chi connectivity index (χ1v) is 9.82. The lowest BCUT2D eigenvalue weighted by Gasteiger charge is -2.31. The SMILES string of the molecule is CO[C@@H](c1ccc(C(=O)O)s1)C1CCC(=O)N1c1ccc(C(C)(C)C)cc1. The first-order valence-electron chi connectivity index (χ1n) is 9.01. The molecule has 1 aliphatic rings. The minimum atomic E-state index is -0.946. The number of nitrogens with zero attached hydrogens (tertiary/aromatic N) is 1. The number of aromatic carboxylic acids is 1. The Kier molecular flexibility index (Phi) is 5.40. The summed E-state index contributed by atoms with van der Waals surface area (Å²) in [4.78, 5) is 26.7. The van der Waals surface area contributed by atoms with Crippen LogP contribution in [0.4, 0.5) is 5.69 Å². The van der Waals surface area contributed by atoms with E-state index >= 15 is 0 Å². The van der Waals surface area contributed by atoms with E-state index in [2.05, 4.69) is 32.9 Å². The number of anilines is 1. The zero-order valence-corrected chi connectivity index (χ0v) is 16.9. The molecule has 0 radical (unpaired) electrons. The second kappa shape index (κ2) is 7.44. The van der Waals surface area contributed by atoms with Gasteiger partial charge in [-0.3, -0.25) is 4.79 Å². The maximum Gasteiger partial charge on any atom is 0.345 e. The molecule has 0 bridgehead atoms. The van der Waals surface area contributed by atoms with Crippen molar-refractivity contribution in [2.75, 3.05) is 12.0 Å². The minimum Gasteiger partial charge on any atom is -0.477 e. The smallest absolute Gasteiger partial charge is 0.345 e. The lowest BCUT2D eigenvalue weighted by atomic mass is 9.87. The Labute approximate surface area is 163 Å². The van der Waals surface area contributed by atoms with E-state index < -0.39 is 5.97 Å². The molecule has 1 aromatic carbocycles. The predicted octanol–water partition coefficient (Wildman–Crippen LogP) is 4.63. The van der Waals surface area contributed by atoms with Gasteiger partial charge in [-0.2, -0.15) is 0 Å². The van der Waals surface area contributed by atoms with E-state index in [-0.39, 0.29) is 28.3 Å². The molecule has 1 fully saturated rings. The highest BCUT2D eigenvalue weighted by Crippen LogP contribution is 2.38. The van der Waals surface area contributed by atoms with Crippen LogP contribution >= 0.6 is 11.3 Å². The lowest BCUT2D eigenvalue weighted by Crippen LogP contribution is -2.37. The van der Waals surface area contributed by atoms with Gasteiger partial charge in [-0.25, -0.2) is 4.79 Å². The van der Waals surface area contributed by atoms with Crippen LogP contribution in [0.2, 0.25) is 0 Å². The van der Waals surface area contributed by atoms with Crippen LogP contribution in [0.25, 0.3) is 0 Å². The highest BCUT2D eigenvalue weighted by atomic mass is 32.1. The Bertz CT molecular complexity index is 835. The molecule has 1 unspecified atom stereocenters. The molecule has 1 amide bonds. The number of amides is 1. The molecular weight excluding hydrogens is 362 g/mol. The number of methoxy groups -OCH3 is 1. The summed E-state index contributed by atoms with van der Waals surface area (Å²) in [6, 6.07) is 11.3. The molecule has 2 heterocycles. The number of thiophene rings is 1. The molecule has 1 aliphatic heterocycles. The van der Waals surface area contributed by atoms with E-state index in [9.17, 15) is 14.7 Å². The molecule has 0 saturated carbocycles. The van der Waals surface area contributed by atoms with E-state index in [1.165, 1.54) is 16.9 Å². The van der Waals surface area contributed by atoms with Gasteiger partial charge in [0.05, 0.1) is 6.04 Å². The van der Waals surface area contributed by atoms with Crippen molar-refractivity contribution < 1.29 is 19.4 Å². The molecule has 27 heavy (non-hydrogen) atoms. The molecule has 3 rings (SSSR count). The van der Waals surface area contributed by atoms with Gasteiger partial charge in [-0.15, -0.1) is 11.3 Å². The molecule has 0 spiro atoms.